The van der Waals surface area contributed by atoms with Crippen LogP contribution >= 0.6 is 0 Å². The molecule has 5 N–H and O–H groups in total. The quantitative estimate of drug-likeness (QED) is 0.446. The van der Waals surface area contributed by atoms with Crippen molar-refractivity contribution in [3.63, 3.8) is 0 Å². The van der Waals surface area contributed by atoms with E-state index >= 15 is 0 Å². The zero-order chi connectivity index (χ0) is 12.3. The van der Waals surface area contributed by atoms with Crippen molar-refractivity contribution >= 4 is 21.7 Å². The van der Waals surface area contributed by atoms with Crippen molar-refractivity contribution in [1.29, 1.82) is 5.41 Å². The van der Waals surface area contributed by atoms with Crippen molar-refractivity contribution in [1.82, 2.24) is 4.72 Å². The Bertz CT molecular complexity index is 510. The zero-order valence-electron chi connectivity index (χ0n) is 9.03. The molecule has 0 radical (unpaired) electrons. The van der Waals surface area contributed by atoms with Gasteiger partial charge in [-0.3, -0.25) is 10.1 Å². The van der Waals surface area contributed by atoms with Gasteiger partial charge in [-0.25, -0.2) is 4.72 Å². The number of nitrogens with two attached hydrogens (primary N) is 1. The van der Waals surface area contributed by atoms with Crippen molar-refractivity contribution in [2.45, 2.75) is 6.92 Å². The van der Waals surface area contributed by atoms with Crippen LogP contribution in [0.25, 0.3) is 0 Å². The van der Waals surface area contributed by atoms with Gasteiger partial charge in [0.1, 0.15) is 5.84 Å². The largest absolute Gasteiger partial charge is 0.384 e. The summed E-state index contributed by atoms with van der Waals surface area (Å²) in [5.74, 6) is -0.174. The lowest BCUT2D eigenvalue weighted by molar-refractivity contribution is 0.593. The molecule has 1 rings (SSSR count). The first-order valence-corrected chi connectivity index (χ1v) is 6.01. The molecule has 0 amide bonds. The summed E-state index contributed by atoms with van der Waals surface area (Å²) in [4.78, 5) is 0. The molecule has 7 heteroatoms. The molecule has 0 aromatic heterocycles. The lowest BCUT2D eigenvalue weighted by Gasteiger charge is -2.12. The topological polar surface area (TPSA) is 108 Å². The minimum atomic E-state index is -3.60. The molecule has 0 aliphatic carbocycles. The highest BCUT2D eigenvalue weighted by Crippen LogP contribution is 2.19. The highest BCUT2D eigenvalue weighted by Gasteiger charge is 2.13. The van der Waals surface area contributed by atoms with Gasteiger partial charge in [0.25, 0.3) is 10.2 Å². The number of rotatable bonds is 4. The summed E-state index contributed by atoms with van der Waals surface area (Å²) in [5, 5.41) is 7.40. The fraction of sp³-hybridized carbons (Fsp3) is 0.222. The molecule has 0 spiro atoms. The Morgan fingerprint density at radius 1 is 1.44 bits per heavy atom. The number of nitrogens with one attached hydrogen (secondary N) is 3. The summed E-state index contributed by atoms with van der Waals surface area (Å²) < 4.78 is 27.1. The maximum atomic E-state index is 11.3. The Morgan fingerprint density at radius 3 is 2.56 bits per heavy atom. The number of hydrogen-bond donors (Lipinski definition) is 4. The molecule has 0 unspecified atom stereocenters. The molecule has 6 nitrogen and oxygen atoms in total. The van der Waals surface area contributed by atoms with Gasteiger partial charge in [0.2, 0.25) is 0 Å². The van der Waals surface area contributed by atoms with Gasteiger partial charge in [-0.1, -0.05) is 12.1 Å². The van der Waals surface area contributed by atoms with E-state index in [-0.39, 0.29) is 5.84 Å². The predicted molar refractivity (Wildman–Crippen MR) is 63.8 cm³/mol. The van der Waals surface area contributed by atoms with Crippen LogP contribution in [0.2, 0.25) is 0 Å². The second kappa shape index (κ2) is 4.50. The van der Waals surface area contributed by atoms with Crippen LogP contribution in [0.3, 0.4) is 0 Å². The Hall–Kier alpha value is -1.60. The molecule has 1 aromatic carbocycles. The molecule has 0 saturated heterocycles. The van der Waals surface area contributed by atoms with E-state index in [4.69, 9.17) is 11.1 Å². The molecular formula is C9H14N4O2S. The molecular weight excluding hydrogens is 228 g/mol. The molecule has 0 aliphatic rings. The number of anilines is 1. The van der Waals surface area contributed by atoms with Crippen LogP contribution in [0, 0.1) is 12.3 Å². The van der Waals surface area contributed by atoms with E-state index in [9.17, 15) is 8.42 Å². The SMILES string of the molecule is CNS(=O)(=O)Nc1cccc(C)c1C(=N)N. The Kier molecular flexibility index (Phi) is 3.51. The first kappa shape index (κ1) is 12.5. The lowest BCUT2D eigenvalue weighted by Crippen LogP contribution is -2.28. The summed E-state index contributed by atoms with van der Waals surface area (Å²) >= 11 is 0. The van der Waals surface area contributed by atoms with E-state index in [1.165, 1.54) is 7.05 Å². The van der Waals surface area contributed by atoms with Gasteiger partial charge < -0.3 is 5.73 Å². The van der Waals surface area contributed by atoms with Crippen LogP contribution < -0.4 is 15.2 Å². The van der Waals surface area contributed by atoms with Crippen LogP contribution in [-0.4, -0.2) is 21.3 Å². The monoisotopic (exact) mass is 242 g/mol. The summed E-state index contributed by atoms with van der Waals surface area (Å²) in [5.41, 5.74) is 6.83. The van der Waals surface area contributed by atoms with Crippen LogP contribution in [0.15, 0.2) is 18.2 Å². The Labute approximate surface area is 94.5 Å². The molecule has 0 fully saturated rings. The van der Waals surface area contributed by atoms with Gasteiger partial charge in [0.05, 0.1) is 5.69 Å². The number of hydrogen-bond acceptors (Lipinski definition) is 3. The average molecular weight is 242 g/mol. The second-order valence-corrected chi connectivity index (χ2v) is 4.84. The van der Waals surface area contributed by atoms with Gasteiger partial charge in [-0.05, 0) is 18.6 Å². The van der Waals surface area contributed by atoms with E-state index < -0.39 is 10.2 Å². The van der Waals surface area contributed by atoms with Crippen molar-refractivity contribution in [3.05, 3.63) is 29.3 Å². The van der Waals surface area contributed by atoms with Gasteiger partial charge >= 0.3 is 0 Å². The minimum Gasteiger partial charge on any atom is -0.384 e. The van der Waals surface area contributed by atoms with Gasteiger partial charge in [0.15, 0.2) is 0 Å². The second-order valence-electron chi connectivity index (χ2n) is 3.22. The van der Waals surface area contributed by atoms with E-state index in [0.717, 1.165) is 5.56 Å². The minimum absolute atomic E-state index is 0.174. The van der Waals surface area contributed by atoms with E-state index in [1.54, 1.807) is 25.1 Å². The van der Waals surface area contributed by atoms with Gasteiger partial charge in [-0.2, -0.15) is 8.42 Å². The van der Waals surface area contributed by atoms with E-state index in [2.05, 4.69) is 9.44 Å². The number of amidine groups is 1. The summed E-state index contributed by atoms with van der Waals surface area (Å²) in [6.07, 6.45) is 0. The smallest absolute Gasteiger partial charge is 0.298 e. The standard InChI is InChI=1S/C9H14N4O2S/c1-6-4-3-5-7(8(6)9(10)11)13-16(14,15)12-2/h3-5,12-13H,1-2H3,(H3,10,11). The molecule has 88 valence electrons. The first-order valence-electron chi connectivity index (χ1n) is 4.52. The highest BCUT2D eigenvalue weighted by atomic mass is 32.2. The summed E-state index contributed by atoms with van der Waals surface area (Å²) in [7, 11) is -2.30. The fourth-order valence-corrected chi connectivity index (χ4v) is 1.87. The fourth-order valence-electron chi connectivity index (χ4n) is 1.31. The van der Waals surface area contributed by atoms with Crippen molar-refractivity contribution < 1.29 is 8.42 Å². The van der Waals surface area contributed by atoms with Crippen LogP contribution in [0.5, 0.6) is 0 Å². The van der Waals surface area contributed by atoms with E-state index in [0.29, 0.717) is 11.3 Å². The van der Waals surface area contributed by atoms with Crippen LogP contribution in [-0.2, 0) is 10.2 Å². The summed E-state index contributed by atoms with van der Waals surface area (Å²) in [6, 6.07) is 5.00. The van der Waals surface area contributed by atoms with Crippen LogP contribution in [0.4, 0.5) is 5.69 Å². The number of benzene rings is 1. The Balaban J connectivity index is 3.25. The van der Waals surface area contributed by atoms with Crippen LogP contribution in [0.1, 0.15) is 11.1 Å². The third kappa shape index (κ3) is 2.71. The first-order chi connectivity index (χ1) is 7.37. The molecule has 0 saturated carbocycles. The predicted octanol–water partition coefficient (Wildman–Crippen LogP) is 0.155. The molecule has 1 aromatic rings. The molecule has 16 heavy (non-hydrogen) atoms. The molecule has 0 atom stereocenters. The molecule has 0 heterocycles. The third-order valence-corrected chi connectivity index (χ3v) is 3.08. The molecule has 0 aliphatic heterocycles. The van der Waals surface area contributed by atoms with E-state index in [1.807, 2.05) is 0 Å². The zero-order valence-corrected chi connectivity index (χ0v) is 9.85. The van der Waals surface area contributed by atoms with Crippen molar-refractivity contribution in [3.8, 4) is 0 Å². The van der Waals surface area contributed by atoms with Crippen molar-refractivity contribution in [2.75, 3.05) is 11.8 Å². The normalized spacial score (nSPS) is 11.1. The molecule has 0 bridgehead atoms. The van der Waals surface area contributed by atoms with Gasteiger partial charge in [-0.15, -0.1) is 0 Å². The maximum absolute atomic E-state index is 11.3. The number of nitrogen functional groups attached to an aromatic ring is 1. The highest BCUT2D eigenvalue weighted by molar-refractivity contribution is 7.90. The lowest BCUT2D eigenvalue weighted by atomic mass is 10.1. The average Bonchev–Trinajstić information content (AvgIpc) is 2.16. The number of aryl methyl sites for hydroxylation is 1. The Morgan fingerprint density at radius 2 is 2.06 bits per heavy atom. The third-order valence-electron chi connectivity index (χ3n) is 2.06. The van der Waals surface area contributed by atoms with Gasteiger partial charge in [0, 0.05) is 12.6 Å². The summed E-state index contributed by atoms with van der Waals surface area (Å²) in [6.45, 7) is 1.76. The maximum Gasteiger partial charge on any atom is 0.298 e. The van der Waals surface area contributed by atoms with Crippen molar-refractivity contribution in [2.24, 2.45) is 5.73 Å².